The van der Waals surface area contributed by atoms with E-state index in [-0.39, 0.29) is 11.8 Å². The van der Waals surface area contributed by atoms with Crippen molar-refractivity contribution in [1.29, 1.82) is 0 Å². The highest BCUT2D eigenvalue weighted by Gasteiger charge is 2.11. The van der Waals surface area contributed by atoms with Gasteiger partial charge in [-0.3, -0.25) is 14.6 Å². The molecule has 152 valence electrons. The second-order valence-corrected chi connectivity index (χ2v) is 6.88. The Labute approximate surface area is 183 Å². The molecule has 0 atom stereocenters. The number of halogens is 2. The van der Waals surface area contributed by atoms with Crippen LogP contribution >= 0.6 is 23.2 Å². The second kappa shape index (κ2) is 9.91. The Morgan fingerprint density at radius 2 is 1.80 bits per heavy atom. The SMILES string of the molecule is COc1cc(NC(=O)/C=C/c2c(Cl)cccc2Cl)ccc1NC(=O)c1cccnc1. The molecule has 30 heavy (non-hydrogen) atoms. The molecule has 0 bridgehead atoms. The number of carbonyl (C=O) groups excluding carboxylic acids is 2. The first kappa shape index (κ1) is 21.4. The van der Waals surface area contributed by atoms with Crippen molar-refractivity contribution in [3.05, 3.63) is 88.2 Å². The summed E-state index contributed by atoms with van der Waals surface area (Å²) in [5.74, 6) is -0.305. The number of rotatable bonds is 6. The van der Waals surface area contributed by atoms with E-state index in [1.807, 2.05) is 0 Å². The van der Waals surface area contributed by atoms with Gasteiger partial charge in [0.1, 0.15) is 5.75 Å². The number of hydrogen-bond donors (Lipinski definition) is 2. The Morgan fingerprint density at radius 3 is 2.47 bits per heavy atom. The average molecular weight is 442 g/mol. The molecule has 8 heteroatoms. The molecule has 2 aromatic carbocycles. The lowest BCUT2D eigenvalue weighted by atomic mass is 10.2. The van der Waals surface area contributed by atoms with Crippen molar-refractivity contribution in [2.75, 3.05) is 17.7 Å². The molecule has 1 aromatic heterocycles. The number of aromatic nitrogens is 1. The number of pyridine rings is 1. The highest BCUT2D eigenvalue weighted by Crippen LogP contribution is 2.29. The van der Waals surface area contributed by atoms with Crippen molar-refractivity contribution in [1.82, 2.24) is 4.98 Å². The third kappa shape index (κ3) is 5.37. The van der Waals surface area contributed by atoms with Gasteiger partial charge in [0.15, 0.2) is 0 Å². The van der Waals surface area contributed by atoms with Crippen LogP contribution in [0.15, 0.2) is 67.0 Å². The minimum absolute atomic E-state index is 0.322. The summed E-state index contributed by atoms with van der Waals surface area (Å²) in [5, 5.41) is 6.37. The highest BCUT2D eigenvalue weighted by molar-refractivity contribution is 6.37. The first-order valence-electron chi connectivity index (χ1n) is 8.80. The monoisotopic (exact) mass is 441 g/mol. The van der Waals surface area contributed by atoms with Gasteiger partial charge in [-0.2, -0.15) is 0 Å². The van der Waals surface area contributed by atoms with Gasteiger partial charge in [-0.25, -0.2) is 0 Å². The van der Waals surface area contributed by atoms with Crippen LogP contribution in [-0.4, -0.2) is 23.9 Å². The first-order valence-corrected chi connectivity index (χ1v) is 9.56. The smallest absolute Gasteiger partial charge is 0.257 e. The van der Waals surface area contributed by atoms with Crippen LogP contribution in [0.1, 0.15) is 15.9 Å². The van der Waals surface area contributed by atoms with Crippen LogP contribution in [0.2, 0.25) is 10.0 Å². The Bertz CT molecular complexity index is 1080. The van der Waals surface area contributed by atoms with E-state index in [0.29, 0.717) is 38.3 Å². The van der Waals surface area contributed by atoms with Crippen LogP contribution in [0.3, 0.4) is 0 Å². The Kier molecular flexibility index (Phi) is 7.06. The van der Waals surface area contributed by atoms with E-state index in [1.54, 1.807) is 60.8 Å². The van der Waals surface area contributed by atoms with Crippen LogP contribution < -0.4 is 15.4 Å². The fourth-order valence-corrected chi connectivity index (χ4v) is 3.10. The molecule has 1 heterocycles. The fourth-order valence-electron chi connectivity index (χ4n) is 2.58. The molecule has 0 radical (unpaired) electrons. The van der Waals surface area contributed by atoms with Crippen molar-refractivity contribution >= 4 is 52.5 Å². The summed E-state index contributed by atoms with van der Waals surface area (Å²) in [6, 6.07) is 13.3. The number of anilines is 2. The number of benzene rings is 2. The molecule has 3 aromatic rings. The van der Waals surface area contributed by atoms with E-state index in [4.69, 9.17) is 27.9 Å². The summed E-state index contributed by atoms with van der Waals surface area (Å²) in [7, 11) is 1.47. The van der Waals surface area contributed by atoms with Crippen molar-refractivity contribution in [2.45, 2.75) is 0 Å². The maximum atomic E-state index is 12.3. The molecule has 3 rings (SSSR count). The molecule has 0 saturated carbocycles. The summed E-state index contributed by atoms with van der Waals surface area (Å²) in [6.07, 6.45) is 5.92. The van der Waals surface area contributed by atoms with Gasteiger partial charge in [0.25, 0.3) is 5.91 Å². The van der Waals surface area contributed by atoms with Crippen molar-refractivity contribution < 1.29 is 14.3 Å². The Balaban J connectivity index is 1.71. The third-order valence-electron chi connectivity index (χ3n) is 4.04. The Hall–Kier alpha value is -3.35. The highest BCUT2D eigenvalue weighted by atomic mass is 35.5. The van der Waals surface area contributed by atoms with Crippen LogP contribution in [-0.2, 0) is 4.79 Å². The second-order valence-electron chi connectivity index (χ2n) is 6.07. The van der Waals surface area contributed by atoms with Gasteiger partial charge in [-0.1, -0.05) is 29.3 Å². The number of carbonyl (C=O) groups is 2. The van der Waals surface area contributed by atoms with Gasteiger partial charge in [-0.05, 0) is 42.5 Å². The topological polar surface area (TPSA) is 80.3 Å². The van der Waals surface area contributed by atoms with Crippen molar-refractivity contribution in [3.63, 3.8) is 0 Å². The summed E-state index contributed by atoms with van der Waals surface area (Å²) in [4.78, 5) is 28.5. The lowest BCUT2D eigenvalue weighted by molar-refractivity contribution is -0.111. The van der Waals surface area contributed by atoms with Gasteiger partial charge in [0.2, 0.25) is 5.91 Å². The van der Waals surface area contributed by atoms with E-state index in [0.717, 1.165) is 0 Å². The lowest BCUT2D eigenvalue weighted by Crippen LogP contribution is -2.13. The average Bonchev–Trinajstić information content (AvgIpc) is 2.75. The zero-order chi connectivity index (χ0) is 21.5. The molecule has 0 fully saturated rings. The zero-order valence-corrected chi connectivity index (χ0v) is 17.4. The summed E-state index contributed by atoms with van der Waals surface area (Å²) in [6.45, 7) is 0. The molecule has 2 N–H and O–H groups in total. The maximum Gasteiger partial charge on any atom is 0.257 e. The summed E-state index contributed by atoms with van der Waals surface area (Å²) >= 11 is 12.2. The normalized spacial score (nSPS) is 10.6. The van der Waals surface area contributed by atoms with Gasteiger partial charge < -0.3 is 15.4 Å². The number of methoxy groups -OCH3 is 1. The fraction of sp³-hybridized carbons (Fsp3) is 0.0455. The van der Waals surface area contributed by atoms with E-state index < -0.39 is 0 Å². The Morgan fingerprint density at radius 1 is 1.03 bits per heavy atom. The molecule has 0 spiro atoms. The molecule has 0 aliphatic rings. The summed E-state index contributed by atoms with van der Waals surface area (Å²) in [5.41, 5.74) is 1.93. The van der Waals surface area contributed by atoms with E-state index >= 15 is 0 Å². The van der Waals surface area contributed by atoms with Gasteiger partial charge >= 0.3 is 0 Å². The maximum absolute atomic E-state index is 12.3. The van der Waals surface area contributed by atoms with E-state index in [1.165, 1.54) is 19.4 Å². The number of ether oxygens (including phenoxy) is 1. The molecule has 0 aliphatic carbocycles. The van der Waals surface area contributed by atoms with Crippen LogP contribution in [0, 0.1) is 0 Å². The van der Waals surface area contributed by atoms with Gasteiger partial charge in [0.05, 0.1) is 18.4 Å². The largest absolute Gasteiger partial charge is 0.494 e. The van der Waals surface area contributed by atoms with Gasteiger partial charge in [-0.15, -0.1) is 0 Å². The van der Waals surface area contributed by atoms with Crippen molar-refractivity contribution in [3.8, 4) is 5.75 Å². The quantitative estimate of drug-likeness (QED) is 0.508. The molecular formula is C22H17Cl2N3O3. The molecule has 6 nitrogen and oxygen atoms in total. The molecule has 2 amide bonds. The van der Waals surface area contributed by atoms with E-state index in [9.17, 15) is 9.59 Å². The third-order valence-corrected chi connectivity index (χ3v) is 4.70. The minimum atomic E-state index is -0.375. The predicted molar refractivity (Wildman–Crippen MR) is 119 cm³/mol. The zero-order valence-electron chi connectivity index (χ0n) is 15.9. The molecule has 0 aliphatic heterocycles. The lowest BCUT2D eigenvalue weighted by Gasteiger charge is -2.12. The van der Waals surface area contributed by atoms with Crippen molar-refractivity contribution in [2.24, 2.45) is 0 Å². The van der Waals surface area contributed by atoms with E-state index in [2.05, 4.69) is 15.6 Å². The molecule has 0 saturated heterocycles. The minimum Gasteiger partial charge on any atom is -0.494 e. The standard InChI is InChI=1S/C22H17Cl2N3O3/c1-30-20-12-15(7-9-19(20)27-22(29)14-4-3-11-25-13-14)26-21(28)10-8-16-17(23)5-2-6-18(16)24/h2-13H,1H3,(H,26,28)(H,27,29)/b10-8+. The summed E-state index contributed by atoms with van der Waals surface area (Å²) < 4.78 is 5.33. The number of amides is 2. The predicted octanol–water partition coefficient (Wildman–Crippen LogP) is 5.30. The van der Waals surface area contributed by atoms with Crippen LogP contribution in [0.25, 0.3) is 6.08 Å². The van der Waals surface area contributed by atoms with Crippen LogP contribution in [0.4, 0.5) is 11.4 Å². The number of hydrogen-bond acceptors (Lipinski definition) is 4. The number of nitrogens with one attached hydrogen (secondary N) is 2. The molecule has 0 unspecified atom stereocenters. The molecular weight excluding hydrogens is 425 g/mol. The first-order chi connectivity index (χ1) is 14.5. The van der Waals surface area contributed by atoms with Gasteiger partial charge in [0, 0.05) is 45.8 Å². The number of nitrogens with zero attached hydrogens (tertiary/aromatic N) is 1. The van der Waals surface area contributed by atoms with Crippen LogP contribution in [0.5, 0.6) is 5.75 Å².